The molecular weight excluding hydrogens is 210 g/mol. The van der Waals surface area contributed by atoms with Crippen LogP contribution in [0, 0.1) is 5.92 Å². The maximum Gasteiger partial charge on any atom is 0.0880 e. The van der Waals surface area contributed by atoms with Crippen LogP contribution in [0.3, 0.4) is 0 Å². The van der Waals surface area contributed by atoms with Crippen molar-refractivity contribution in [1.82, 2.24) is 5.32 Å². The van der Waals surface area contributed by atoms with E-state index in [-0.39, 0.29) is 0 Å². The van der Waals surface area contributed by atoms with Gasteiger partial charge in [-0.2, -0.15) is 0 Å². The Morgan fingerprint density at radius 3 is 2.65 bits per heavy atom. The van der Waals surface area contributed by atoms with Crippen molar-refractivity contribution in [2.45, 2.75) is 47.0 Å². The van der Waals surface area contributed by atoms with Crippen molar-refractivity contribution in [3.8, 4) is 0 Å². The fraction of sp³-hybridized carbons (Fsp3) is 0.786. The van der Waals surface area contributed by atoms with Gasteiger partial charge in [-0.25, -0.2) is 0 Å². The smallest absolute Gasteiger partial charge is 0.0880 e. The maximum atomic E-state index is 5.33. The molecule has 0 saturated carbocycles. The lowest BCUT2D eigenvalue weighted by Crippen LogP contribution is -2.16. The van der Waals surface area contributed by atoms with Gasteiger partial charge < -0.3 is 5.73 Å². The van der Waals surface area contributed by atoms with Crippen LogP contribution < -0.4 is 11.1 Å². The van der Waals surface area contributed by atoms with Crippen molar-refractivity contribution in [2.24, 2.45) is 16.6 Å². The highest BCUT2D eigenvalue weighted by Gasteiger charge is 1.95. The highest BCUT2D eigenvalue weighted by Crippen LogP contribution is 2.05. The molecule has 0 heterocycles. The molecule has 0 bridgehead atoms. The summed E-state index contributed by atoms with van der Waals surface area (Å²) in [7, 11) is 0. The molecule has 0 radical (unpaired) electrons. The molecule has 0 aliphatic rings. The monoisotopic (exact) mass is 241 g/mol. The molecule has 0 spiro atoms. The van der Waals surface area contributed by atoms with Crippen LogP contribution >= 0.6 is 0 Å². The molecule has 0 rings (SSSR count). The Balaban J connectivity index is 0. The first-order chi connectivity index (χ1) is 8.31. The summed E-state index contributed by atoms with van der Waals surface area (Å²) in [4.78, 5) is 4.18. The van der Waals surface area contributed by atoms with Gasteiger partial charge in [-0.15, -0.1) is 0 Å². The first-order valence-corrected chi connectivity index (χ1v) is 6.83. The molecule has 3 heteroatoms. The quantitative estimate of drug-likeness (QED) is 0.370. The lowest BCUT2D eigenvalue weighted by molar-refractivity contribution is 0.567. The van der Waals surface area contributed by atoms with Crippen molar-refractivity contribution < 1.29 is 0 Å². The fourth-order valence-electron chi connectivity index (χ4n) is 1.35. The molecule has 1 unspecified atom stereocenters. The van der Waals surface area contributed by atoms with E-state index >= 15 is 0 Å². The zero-order valence-electron chi connectivity index (χ0n) is 12.1. The summed E-state index contributed by atoms with van der Waals surface area (Å²) in [6, 6.07) is 0. The van der Waals surface area contributed by atoms with Crippen LogP contribution in [0.25, 0.3) is 0 Å². The van der Waals surface area contributed by atoms with Crippen molar-refractivity contribution in [2.75, 3.05) is 19.8 Å². The van der Waals surface area contributed by atoms with Gasteiger partial charge in [-0.05, 0) is 45.2 Å². The van der Waals surface area contributed by atoms with Crippen LogP contribution in [-0.2, 0) is 0 Å². The van der Waals surface area contributed by atoms with Gasteiger partial charge in [-0.3, -0.25) is 10.3 Å². The predicted molar refractivity (Wildman–Crippen MR) is 79.6 cm³/mol. The molecule has 0 aromatic heterocycles. The van der Waals surface area contributed by atoms with E-state index in [0.29, 0.717) is 12.5 Å². The summed E-state index contributed by atoms with van der Waals surface area (Å²) in [5, 5.41) is 3.28. The van der Waals surface area contributed by atoms with Crippen LogP contribution in [0.4, 0.5) is 0 Å². The zero-order chi connectivity index (χ0) is 13.4. The lowest BCUT2D eigenvalue weighted by atomic mass is 10.1. The van der Waals surface area contributed by atoms with Gasteiger partial charge in [0.05, 0.1) is 6.67 Å². The van der Waals surface area contributed by atoms with E-state index in [4.69, 9.17) is 5.73 Å². The number of aliphatic imine (C=N–C) groups is 1. The number of hydrogen-bond donors (Lipinski definition) is 2. The minimum absolute atomic E-state index is 0.685. The third kappa shape index (κ3) is 17.9. The molecule has 0 aliphatic carbocycles. The average molecular weight is 241 g/mol. The van der Waals surface area contributed by atoms with E-state index in [9.17, 15) is 0 Å². The average Bonchev–Trinajstić information content (AvgIpc) is 2.35. The molecule has 3 nitrogen and oxygen atoms in total. The third-order valence-electron chi connectivity index (χ3n) is 2.16. The van der Waals surface area contributed by atoms with Crippen LogP contribution in [0.1, 0.15) is 47.0 Å². The van der Waals surface area contributed by atoms with Crippen LogP contribution in [0.5, 0.6) is 0 Å². The minimum Gasteiger partial charge on any atom is -0.330 e. The number of nitrogens with zero attached hydrogens (tertiary/aromatic N) is 1. The van der Waals surface area contributed by atoms with Crippen molar-refractivity contribution >= 4 is 6.21 Å². The largest absolute Gasteiger partial charge is 0.330 e. The highest BCUT2D eigenvalue weighted by atomic mass is 15.0. The highest BCUT2D eigenvalue weighted by molar-refractivity contribution is 5.57. The van der Waals surface area contributed by atoms with Gasteiger partial charge in [-0.1, -0.05) is 32.9 Å². The summed E-state index contributed by atoms with van der Waals surface area (Å²) in [5.41, 5.74) is 5.33. The van der Waals surface area contributed by atoms with Gasteiger partial charge in [0.1, 0.15) is 0 Å². The second-order valence-electron chi connectivity index (χ2n) is 3.75. The summed E-state index contributed by atoms with van der Waals surface area (Å²) in [6.07, 6.45) is 9.58. The normalized spacial score (nSPS) is 12.8. The fourth-order valence-corrected chi connectivity index (χ4v) is 1.35. The Morgan fingerprint density at radius 1 is 1.35 bits per heavy atom. The lowest BCUT2D eigenvalue weighted by Gasteiger charge is -2.05. The van der Waals surface area contributed by atoms with E-state index in [0.717, 1.165) is 19.6 Å². The molecule has 17 heavy (non-hydrogen) atoms. The standard InChI is InChI=1S/C12H25N3.C2H6/c1-3-6-12(2)7-4-9-14-11-15-10-5-8-13;1-2/h3,6,10,12,14H,4-5,7-9,11,13H2,1-2H3;1-2H3/b6-3-,15-10+;. The Morgan fingerprint density at radius 2 is 2.06 bits per heavy atom. The van der Waals surface area contributed by atoms with Gasteiger partial charge >= 0.3 is 0 Å². The minimum atomic E-state index is 0.685. The second kappa shape index (κ2) is 17.7. The Hall–Kier alpha value is -0.670. The number of nitrogens with one attached hydrogen (secondary N) is 1. The summed E-state index contributed by atoms with van der Waals surface area (Å²) in [6.45, 7) is 10.8. The van der Waals surface area contributed by atoms with Crippen LogP contribution in [-0.4, -0.2) is 26.0 Å². The first-order valence-electron chi connectivity index (χ1n) is 6.83. The van der Waals surface area contributed by atoms with Gasteiger partial charge in [0.25, 0.3) is 0 Å². The summed E-state index contributed by atoms with van der Waals surface area (Å²) < 4.78 is 0. The second-order valence-corrected chi connectivity index (χ2v) is 3.75. The molecule has 0 aliphatic heterocycles. The topological polar surface area (TPSA) is 50.4 Å². The SMILES string of the molecule is C/C=C\C(C)CCCNC/N=C/CCN.CC. The van der Waals surface area contributed by atoms with Crippen LogP contribution in [0.2, 0.25) is 0 Å². The van der Waals surface area contributed by atoms with Crippen molar-refractivity contribution in [3.05, 3.63) is 12.2 Å². The molecular formula is C14H31N3. The van der Waals surface area contributed by atoms with E-state index in [2.05, 4.69) is 36.3 Å². The number of rotatable bonds is 9. The number of allylic oxidation sites excluding steroid dienone is 2. The molecule has 1 atom stereocenters. The summed E-state index contributed by atoms with van der Waals surface area (Å²) >= 11 is 0. The third-order valence-corrected chi connectivity index (χ3v) is 2.16. The van der Waals surface area contributed by atoms with Gasteiger partial charge in [0.2, 0.25) is 0 Å². The van der Waals surface area contributed by atoms with E-state index < -0.39 is 0 Å². The Kier molecular flexibility index (Phi) is 19.5. The molecule has 0 aromatic carbocycles. The molecule has 0 fully saturated rings. The Labute approximate surface area is 108 Å². The van der Waals surface area contributed by atoms with Crippen LogP contribution in [0.15, 0.2) is 17.1 Å². The van der Waals surface area contributed by atoms with Gasteiger partial charge in [0.15, 0.2) is 0 Å². The molecule has 3 N–H and O–H groups in total. The van der Waals surface area contributed by atoms with E-state index in [1.54, 1.807) is 0 Å². The predicted octanol–water partition coefficient (Wildman–Crippen LogP) is 2.97. The Bertz CT molecular complexity index is 176. The zero-order valence-corrected chi connectivity index (χ0v) is 12.1. The van der Waals surface area contributed by atoms with E-state index in [1.807, 2.05) is 20.1 Å². The molecule has 102 valence electrons. The van der Waals surface area contributed by atoms with Crippen molar-refractivity contribution in [1.29, 1.82) is 0 Å². The molecule has 0 amide bonds. The molecule has 0 saturated heterocycles. The van der Waals surface area contributed by atoms with E-state index in [1.165, 1.54) is 12.8 Å². The van der Waals surface area contributed by atoms with Crippen molar-refractivity contribution in [3.63, 3.8) is 0 Å². The first kappa shape index (κ1) is 18.7. The number of nitrogens with two attached hydrogens (primary N) is 1. The number of hydrogen-bond acceptors (Lipinski definition) is 3. The van der Waals surface area contributed by atoms with Gasteiger partial charge in [0, 0.05) is 6.21 Å². The molecule has 0 aromatic rings. The maximum absolute atomic E-state index is 5.33. The summed E-state index contributed by atoms with van der Waals surface area (Å²) in [5.74, 6) is 0.692.